The zero-order chi connectivity index (χ0) is 22.0. The van der Waals surface area contributed by atoms with E-state index in [0.29, 0.717) is 0 Å². The Bertz CT molecular complexity index is 897. The summed E-state index contributed by atoms with van der Waals surface area (Å²) in [5.74, 6) is 0. The monoisotopic (exact) mass is 457 g/mol. The van der Waals surface area contributed by atoms with Gasteiger partial charge in [-0.1, -0.05) is 6.07 Å². The second kappa shape index (κ2) is 8.42. The predicted octanol–water partition coefficient (Wildman–Crippen LogP) is 1.64. The summed E-state index contributed by atoms with van der Waals surface area (Å²) in [5.41, 5.74) is -9.18. The van der Waals surface area contributed by atoms with Crippen LogP contribution in [0.2, 0.25) is 0 Å². The van der Waals surface area contributed by atoms with Crippen LogP contribution in [-0.4, -0.2) is 38.9 Å². The Labute approximate surface area is 157 Å². The number of hydrogen-bond donors (Lipinski definition) is 2. The molecule has 162 valence electrons. The molecular formula is C13H15F6N2O5S2-. The van der Waals surface area contributed by atoms with E-state index in [1.54, 1.807) is 10.8 Å². The highest BCUT2D eigenvalue weighted by Gasteiger charge is 2.46. The molecule has 1 aliphatic rings. The molecule has 0 aromatic heterocycles. The van der Waals surface area contributed by atoms with Gasteiger partial charge in [0.15, 0.2) is 10.1 Å². The average molecular weight is 457 g/mol. The molecule has 15 heteroatoms. The van der Waals surface area contributed by atoms with Crippen molar-refractivity contribution in [2.45, 2.75) is 30.8 Å². The van der Waals surface area contributed by atoms with Crippen molar-refractivity contribution in [3.05, 3.63) is 30.3 Å². The molecule has 0 spiro atoms. The fourth-order valence-electron chi connectivity index (χ4n) is 2.22. The van der Waals surface area contributed by atoms with Crippen LogP contribution in [0.1, 0.15) is 18.9 Å². The van der Waals surface area contributed by atoms with Gasteiger partial charge in [-0.05, 0) is 19.4 Å². The van der Waals surface area contributed by atoms with E-state index in [9.17, 15) is 34.8 Å². The van der Waals surface area contributed by atoms with Crippen molar-refractivity contribution < 1.29 is 52.6 Å². The summed E-state index contributed by atoms with van der Waals surface area (Å²) in [4.78, 5) is 1.03. The second-order valence-corrected chi connectivity index (χ2v) is 8.49. The molecule has 0 radical (unpaired) electrons. The Morgan fingerprint density at radius 2 is 1.64 bits per heavy atom. The van der Waals surface area contributed by atoms with Crippen LogP contribution < -0.4 is 9.62 Å². The lowest BCUT2D eigenvalue weighted by atomic mass is 10.0. The zero-order valence-electron chi connectivity index (χ0n) is 14.1. The van der Waals surface area contributed by atoms with Gasteiger partial charge in [-0.2, -0.15) is 34.8 Å². The molecule has 0 saturated heterocycles. The molecule has 1 atom stereocenters. The molecule has 28 heavy (non-hydrogen) atoms. The first-order valence-electron chi connectivity index (χ1n) is 7.43. The molecule has 2 N–H and O–H groups in total. The summed E-state index contributed by atoms with van der Waals surface area (Å²) in [6, 6.07) is 4.50. The molecule has 0 bridgehead atoms. The molecule has 2 rings (SSSR count). The van der Waals surface area contributed by atoms with Gasteiger partial charge in [0.05, 0.1) is 12.2 Å². The first-order valence-corrected chi connectivity index (χ1v) is 10.3. The Morgan fingerprint density at radius 1 is 1.11 bits per heavy atom. The maximum atomic E-state index is 12.3. The van der Waals surface area contributed by atoms with Crippen LogP contribution in [0.25, 0.3) is 0 Å². The third-order valence-electron chi connectivity index (χ3n) is 3.48. The number of hydrogen-bond acceptors (Lipinski definition) is 5. The van der Waals surface area contributed by atoms with Gasteiger partial charge in [0.1, 0.15) is 5.69 Å². The molecule has 1 aromatic rings. The second-order valence-electron chi connectivity index (χ2n) is 5.44. The SMILES string of the molecule is CC[NH+]1[CH-]CCc2ccc(NS(=O)(=O)C(F)(F)F)cc21.O=S(=O)([O-])C(F)(F)F. The summed E-state index contributed by atoms with van der Waals surface area (Å²) in [6.07, 6.45) is 1.70. The minimum atomic E-state index is -6.09. The molecule has 0 amide bonds. The van der Waals surface area contributed by atoms with Crippen LogP contribution in [0.4, 0.5) is 37.7 Å². The lowest BCUT2D eigenvalue weighted by Crippen LogP contribution is -3.05. The quantitative estimate of drug-likeness (QED) is 0.311. The minimum Gasteiger partial charge on any atom is -0.741 e. The summed E-state index contributed by atoms with van der Waals surface area (Å²) in [7, 11) is -11.5. The van der Waals surface area contributed by atoms with Crippen molar-refractivity contribution in [3.8, 4) is 0 Å². The highest BCUT2D eigenvalue weighted by atomic mass is 32.2. The topological polar surface area (TPSA) is 108 Å². The van der Waals surface area contributed by atoms with Crippen molar-refractivity contribution >= 4 is 31.5 Å². The number of nitrogens with one attached hydrogen (secondary N) is 2. The summed E-state index contributed by atoms with van der Waals surface area (Å²) in [5, 5.41) is 0. The van der Waals surface area contributed by atoms with Crippen LogP contribution in [0.5, 0.6) is 0 Å². The van der Waals surface area contributed by atoms with E-state index in [-0.39, 0.29) is 5.69 Å². The van der Waals surface area contributed by atoms with Crippen molar-refractivity contribution in [2.75, 3.05) is 11.3 Å². The van der Waals surface area contributed by atoms with Crippen molar-refractivity contribution in [3.63, 3.8) is 0 Å². The third-order valence-corrected chi connectivity index (χ3v) is 5.16. The van der Waals surface area contributed by atoms with Crippen LogP contribution in [0.15, 0.2) is 18.2 Å². The molecule has 1 unspecified atom stereocenters. The smallest absolute Gasteiger partial charge is 0.516 e. The van der Waals surface area contributed by atoms with Gasteiger partial charge in [-0.25, -0.2) is 8.42 Å². The van der Waals surface area contributed by atoms with E-state index in [0.717, 1.165) is 35.5 Å². The number of anilines is 1. The number of sulfonamides is 1. The van der Waals surface area contributed by atoms with Gasteiger partial charge in [0, 0.05) is 11.6 Å². The maximum Gasteiger partial charge on any atom is 0.516 e. The summed E-state index contributed by atoms with van der Waals surface area (Å²) < 4.78 is 120. The largest absolute Gasteiger partial charge is 0.741 e. The number of fused-ring (bicyclic) bond motifs is 1. The fraction of sp³-hybridized carbons (Fsp3) is 0.462. The lowest BCUT2D eigenvalue weighted by Gasteiger charge is -2.33. The molecule has 7 nitrogen and oxygen atoms in total. The van der Waals surface area contributed by atoms with Gasteiger partial charge in [-0.3, -0.25) is 4.72 Å². The molecule has 1 aromatic carbocycles. The van der Waals surface area contributed by atoms with Crippen molar-refractivity contribution in [2.24, 2.45) is 0 Å². The number of alkyl halides is 6. The predicted molar refractivity (Wildman–Crippen MR) is 84.6 cm³/mol. The standard InChI is InChI=1S/C12H15F3N2O2S.CHF3O3S/c1-2-17-7-3-4-9-5-6-10(8-11(9)17)16-20(18,19)12(13,14)15;2-1(3,4)8(5,6)7/h5-8,16-17H,2-4H2,1H3;(H,5,6,7)/p-1. The van der Waals surface area contributed by atoms with Crippen molar-refractivity contribution in [1.82, 2.24) is 0 Å². The van der Waals surface area contributed by atoms with Crippen LogP contribution in [0, 0.1) is 6.54 Å². The molecule has 1 heterocycles. The van der Waals surface area contributed by atoms with Gasteiger partial charge in [-0.15, -0.1) is 13.0 Å². The highest BCUT2D eigenvalue weighted by Crippen LogP contribution is 2.28. The van der Waals surface area contributed by atoms with E-state index in [1.165, 1.54) is 12.1 Å². The molecule has 1 aliphatic heterocycles. The minimum absolute atomic E-state index is 0.0673. The van der Waals surface area contributed by atoms with Gasteiger partial charge in [0.25, 0.3) is 0 Å². The van der Waals surface area contributed by atoms with E-state index < -0.39 is 31.2 Å². The number of rotatable bonds is 3. The van der Waals surface area contributed by atoms with Crippen molar-refractivity contribution in [1.29, 1.82) is 0 Å². The number of aryl methyl sites for hydroxylation is 1. The van der Waals surface area contributed by atoms with Crippen LogP contribution >= 0.6 is 0 Å². The Morgan fingerprint density at radius 3 is 2.07 bits per heavy atom. The lowest BCUT2D eigenvalue weighted by molar-refractivity contribution is -0.800. The van der Waals surface area contributed by atoms with E-state index >= 15 is 0 Å². The van der Waals surface area contributed by atoms with E-state index in [4.69, 9.17) is 13.0 Å². The first-order chi connectivity index (χ1) is 12.5. The maximum absolute atomic E-state index is 12.3. The van der Waals surface area contributed by atoms with E-state index in [1.807, 2.05) is 13.5 Å². The average Bonchev–Trinajstić information content (AvgIpc) is 2.51. The Kier molecular flexibility index (Phi) is 7.36. The number of quaternary nitrogens is 1. The zero-order valence-corrected chi connectivity index (χ0v) is 15.7. The fourth-order valence-corrected chi connectivity index (χ4v) is 2.77. The molecule has 0 saturated carbocycles. The Balaban J connectivity index is 0.000000416. The number of benzene rings is 1. The van der Waals surface area contributed by atoms with Crippen LogP contribution in [0.3, 0.4) is 0 Å². The van der Waals surface area contributed by atoms with Gasteiger partial charge >= 0.3 is 21.0 Å². The van der Waals surface area contributed by atoms with E-state index in [2.05, 4.69) is 0 Å². The van der Waals surface area contributed by atoms with Gasteiger partial charge < -0.3 is 9.45 Å². The van der Waals surface area contributed by atoms with Crippen LogP contribution in [-0.2, 0) is 26.6 Å². The third kappa shape index (κ3) is 6.22. The summed E-state index contributed by atoms with van der Waals surface area (Å²) >= 11 is 0. The normalized spacial score (nSPS) is 17.9. The highest BCUT2D eigenvalue weighted by molar-refractivity contribution is 7.93. The molecule has 0 aliphatic carbocycles. The van der Waals surface area contributed by atoms with Gasteiger partial charge in [0.2, 0.25) is 0 Å². The molecular weight excluding hydrogens is 442 g/mol. The summed E-state index contributed by atoms with van der Waals surface area (Å²) in [6.45, 7) is 4.74. The Hall–Kier alpha value is -1.58. The number of halogens is 6. The first kappa shape index (κ1) is 24.5. The molecule has 0 fully saturated rings.